The first-order valence-corrected chi connectivity index (χ1v) is 12.3. The first kappa shape index (κ1) is 24.4. The summed E-state index contributed by atoms with van der Waals surface area (Å²) in [4.78, 5) is 63.6. The molecule has 3 amide bonds. The minimum Gasteiger partial charge on any atom is -0.462 e. The quantitative estimate of drug-likeness (QED) is 0.334. The summed E-state index contributed by atoms with van der Waals surface area (Å²) in [6.07, 6.45) is 5.66. The molecule has 2 aromatic rings. The van der Waals surface area contributed by atoms with Crippen molar-refractivity contribution in [1.82, 2.24) is 0 Å². The maximum absolute atomic E-state index is 12.9. The maximum atomic E-state index is 12.9. The van der Waals surface area contributed by atoms with Crippen LogP contribution in [0, 0.1) is 23.7 Å². The van der Waals surface area contributed by atoms with Crippen LogP contribution < -0.4 is 10.2 Å². The molecule has 5 rings (SSSR count). The van der Waals surface area contributed by atoms with Crippen molar-refractivity contribution in [1.29, 1.82) is 0 Å². The molecule has 1 N–H and O–H groups in total. The van der Waals surface area contributed by atoms with Crippen LogP contribution >= 0.6 is 0 Å². The van der Waals surface area contributed by atoms with Crippen molar-refractivity contribution in [3.8, 4) is 0 Å². The minimum absolute atomic E-state index is 0.122. The van der Waals surface area contributed by atoms with E-state index in [-0.39, 0.29) is 41.0 Å². The van der Waals surface area contributed by atoms with E-state index in [9.17, 15) is 24.0 Å². The molecule has 1 saturated heterocycles. The summed E-state index contributed by atoms with van der Waals surface area (Å²) < 4.78 is 10.1. The summed E-state index contributed by atoms with van der Waals surface area (Å²) in [5.41, 5.74) is 1.41. The molecule has 2 aromatic carbocycles. The van der Waals surface area contributed by atoms with E-state index in [4.69, 9.17) is 9.47 Å². The fraction of sp³-hybridized carbons (Fsp3) is 0.321. The zero-order valence-corrected chi connectivity index (χ0v) is 20.2. The number of nitrogens with zero attached hydrogens (tertiary/aromatic N) is 1. The van der Waals surface area contributed by atoms with E-state index in [1.807, 2.05) is 19.1 Å². The number of ether oxygens (including phenoxy) is 2. The van der Waals surface area contributed by atoms with Crippen molar-refractivity contribution in [2.24, 2.45) is 23.7 Å². The first-order chi connectivity index (χ1) is 17.9. The van der Waals surface area contributed by atoms with Crippen LogP contribution in [0.5, 0.6) is 0 Å². The monoisotopic (exact) mass is 502 g/mol. The Bertz CT molecular complexity index is 1250. The number of hydrogen-bond donors (Lipinski definition) is 1. The van der Waals surface area contributed by atoms with Gasteiger partial charge in [-0.3, -0.25) is 19.3 Å². The molecule has 9 nitrogen and oxygen atoms in total. The summed E-state index contributed by atoms with van der Waals surface area (Å²) in [7, 11) is 0. The molecule has 0 radical (unpaired) electrons. The average Bonchev–Trinajstić information content (AvgIpc) is 3.60. The van der Waals surface area contributed by atoms with E-state index < -0.39 is 24.5 Å². The van der Waals surface area contributed by atoms with Crippen molar-refractivity contribution in [2.45, 2.75) is 19.8 Å². The summed E-state index contributed by atoms with van der Waals surface area (Å²) in [5.74, 6) is -2.43. The van der Waals surface area contributed by atoms with E-state index in [0.29, 0.717) is 23.5 Å². The zero-order valence-electron chi connectivity index (χ0n) is 20.2. The molecule has 190 valence electrons. The Morgan fingerprint density at radius 1 is 0.838 bits per heavy atom. The second-order valence-corrected chi connectivity index (χ2v) is 9.40. The van der Waals surface area contributed by atoms with Gasteiger partial charge in [0.1, 0.15) is 0 Å². The summed E-state index contributed by atoms with van der Waals surface area (Å²) >= 11 is 0. The molecule has 3 aliphatic rings. The Kier molecular flexibility index (Phi) is 6.60. The lowest BCUT2D eigenvalue weighted by molar-refractivity contribution is -0.123. The number of nitrogens with one attached hydrogen (secondary N) is 1. The van der Waals surface area contributed by atoms with Crippen LogP contribution in [0.1, 0.15) is 40.5 Å². The maximum Gasteiger partial charge on any atom is 0.338 e. The largest absolute Gasteiger partial charge is 0.462 e. The molecule has 2 fully saturated rings. The smallest absolute Gasteiger partial charge is 0.338 e. The molecular weight excluding hydrogens is 476 g/mol. The average molecular weight is 503 g/mol. The van der Waals surface area contributed by atoms with Gasteiger partial charge in [0.2, 0.25) is 11.8 Å². The van der Waals surface area contributed by atoms with Crippen LogP contribution in [0.3, 0.4) is 0 Å². The van der Waals surface area contributed by atoms with Gasteiger partial charge in [0.15, 0.2) is 6.61 Å². The first-order valence-electron chi connectivity index (χ1n) is 12.3. The van der Waals surface area contributed by atoms with Gasteiger partial charge >= 0.3 is 11.9 Å². The van der Waals surface area contributed by atoms with Crippen molar-refractivity contribution < 1.29 is 33.4 Å². The van der Waals surface area contributed by atoms with Crippen molar-refractivity contribution in [2.75, 3.05) is 23.4 Å². The highest BCUT2D eigenvalue weighted by molar-refractivity contribution is 6.22. The van der Waals surface area contributed by atoms with Crippen LogP contribution in [0.25, 0.3) is 0 Å². The number of carbonyl (C=O) groups is 5. The highest BCUT2D eigenvalue weighted by Gasteiger charge is 2.59. The van der Waals surface area contributed by atoms with Crippen LogP contribution in [0.4, 0.5) is 11.4 Å². The van der Waals surface area contributed by atoms with E-state index in [0.717, 1.165) is 12.8 Å². The van der Waals surface area contributed by atoms with Gasteiger partial charge in [-0.1, -0.05) is 19.1 Å². The number of fused-ring (bicyclic) bond motifs is 5. The minimum atomic E-state index is -0.714. The van der Waals surface area contributed by atoms with E-state index in [1.54, 1.807) is 12.1 Å². The number of hydrogen-bond acceptors (Lipinski definition) is 7. The number of carbonyl (C=O) groups excluding carboxylic acids is 5. The van der Waals surface area contributed by atoms with Crippen molar-refractivity contribution >= 4 is 41.0 Å². The number of rotatable bonds is 8. The fourth-order valence-corrected chi connectivity index (χ4v) is 5.28. The number of anilines is 2. The Balaban J connectivity index is 1.13. The molecule has 1 heterocycles. The van der Waals surface area contributed by atoms with E-state index >= 15 is 0 Å². The molecule has 0 unspecified atom stereocenters. The van der Waals surface area contributed by atoms with E-state index in [2.05, 4.69) is 5.32 Å². The lowest BCUT2D eigenvalue weighted by Gasteiger charge is -2.17. The van der Waals surface area contributed by atoms with Crippen molar-refractivity contribution in [3.05, 3.63) is 71.8 Å². The highest BCUT2D eigenvalue weighted by atomic mass is 16.5. The fourth-order valence-electron chi connectivity index (χ4n) is 5.28. The molecule has 2 bridgehead atoms. The van der Waals surface area contributed by atoms with E-state index in [1.165, 1.54) is 41.3 Å². The Morgan fingerprint density at radius 2 is 1.38 bits per heavy atom. The molecule has 0 spiro atoms. The third-order valence-electron chi connectivity index (χ3n) is 7.01. The normalized spacial score (nSPS) is 23.2. The number of imide groups is 1. The summed E-state index contributed by atoms with van der Waals surface area (Å²) in [6, 6.07) is 12.2. The molecule has 9 heteroatoms. The lowest BCUT2D eigenvalue weighted by Crippen LogP contribution is -2.32. The lowest BCUT2D eigenvalue weighted by atomic mass is 9.85. The predicted octanol–water partition coefficient (Wildman–Crippen LogP) is 3.36. The van der Waals surface area contributed by atoms with Crippen LogP contribution in [-0.2, 0) is 23.9 Å². The van der Waals surface area contributed by atoms with Crippen LogP contribution in [0.2, 0.25) is 0 Å². The van der Waals surface area contributed by atoms with Gasteiger partial charge in [-0.25, -0.2) is 9.59 Å². The third kappa shape index (κ3) is 4.64. The standard InChI is InChI=1S/C28H26N2O7/c1-2-13-36-27(34)16-5-9-20(10-6-16)29-22(31)15-37-28(35)17-7-11-21(12-8-17)30-25(32)23-18-3-4-19(14-18)24(23)26(30)33/h3-12,18-19,23-24H,2,13-15H2,1H3,(H,29,31)/t18-,19-,23-,24+/m0/s1. The number of amides is 3. The zero-order chi connectivity index (χ0) is 26.1. The molecule has 0 aromatic heterocycles. The Hall–Kier alpha value is -4.27. The summed E-state index contributed by atoms with van der Waals surface area (Å²) in [6.45, 7) is 1.72. The SMILES string of the molecule is CCCOC(=O)c1ccc(NC(=O)COC(=O)c2ccc(N3C(=O)[C@@H]4[C@H](C3=O)[C@H]3C=C[C@H]4C3)cc2)cc1. The second-order valence-electron chi connectivity index (χ2n) is 9.40. The van der Waals surface area contributed by atoms with Gasteiger partial charge in [-0.15, -0.1) is 0 Å². The van der Waals surface area contributed by atoms with Crippen molar-refractivity contribution in [3.63, 3.8) is 0 Å². The molecule has 1 aliphatic heterocycles. The van der Waals surface area contributed by atoms with Crippen LogP contribution in [0.15, 0.2) is 60.7 Å². The Labute approximate surface area is 213 Å². The molecule has 37 heavy (non-hydrogen) atoms. The third-order valence-corrected chi connectivity index (χ3v) is 7.01. The topological polar surface area (TPSA) is 119 Å². The van der Waals surface area contributed by atoms with Gasteiger partial charge in [0.05, 0.1) is 35.3 Å². The van der Waals surface area contributed by atoms with Gasteiger partial charge in [0, 0.05) is 5.69 Å². The molecule has 4 atom stereocenters. The van der Waals surface area contributed by atoms with Gasteiger partial charge in [0.25, 0.3) is 5.91 Å². The number of benzene rings is 2. The van der Waals surface area contributed by atoms with Gasteiger partial charge in [-0.05, 0) is 73.2 Å². The van der Waals surface area contributed by atoms with Crippen LogP contribution in [-0.4, -0.2) is 42.9 Å². The molecule has 2 aliphatic carbocycles. The molecular formula is C28H26N2O7. The second kappa shape index (κ2) is 10.0. The Morgan fingerprint density at radius 3 is 1.95 bits per heavy atom. The van der Waals surface area contributed by atoms with Gasteiger partial charge < -0.3 is 14.8 Å². The predicted molar refractivity (Wildman–Crippen MR) is 133 cm³/mol. The number of esters is 2. The summed E-state index contributed by atoms with van der Waals surface area (Å²) in [5, 5.41) is 2.59. The highest BCUT2D eigenvalue weighted by Crippen LogP contribution is 2.53. The van der Waals surface area contributed by atoms with Gasteiger partial charge in [-0.2, -0.15) is 0 Å². The molecule has 1 saturated carbocycles. The number of allylic oxidation sites excluding steroid dienone is 2.